The molecule has 2 saturated heterocycles. The number of rotatable bonds is 20. The molecule has 0 aliphatic carbocycles. The zero-order valence-electron chi connectivity index (χ0n) is 29.6. The second kappa shape index (κ2) is 19.3. The Morgan fingerprint density at radius 3 is 2.42 bits per heavy atom. The van der Waals surface area contributed by atoms with Crippen LogP contribution in [0.2, 0.25) is 0 Å². The Balaban J connectivity index is 0.781. The minimum absolute atomic E-state index is 0.0363. The van der Waals surface area contributed by atoms with E-state index in [2.05, 4.69) is 73.3 Å². The van der Waals surface area contributed by atoms with Gasteiger partial charge in [-0.3, -0.25) is 9.59 Å². The number of aromatic nitrogens is 1. The molecular weight excluding hydrogens is 701 g/mol. The van der Waals surface area contributed by atoms with Gasteiger partial charge in [0.15, 0.2) is 6.20 Å². The first kappa shape index (κ1) is 37.9. The Morgan fingerprint density at radius 2 is 1.62 bits per heavy atom. The highest BCUT2D eigenvalue weighted by atomic mass is 32.2. The number of para-hydroxylation sites is 2. The van der Waals surface area contributed by atoms with E-state index in [4.69, 9.17) is 14.2 Å². The smallest absolute Gasteiger partial charge is 0.315 e. The molecule has 3 aliphatic rings. The van der Waals surface area contributed by atoms with Gasteiger partial charge in [0, 0.05) is 47.5 Å². The topological polar surface area (TPSA) is 134 Å². The number of fused-ring (bicyclic) bond motifs is 3. The van der Waals surface area contributed by atoms with Gasteiger partial charge < -0.3 is 40.4 Å². The number of ether oxygens (including phenoxy) is 3. The molecule has 0 unspecified atom stereocenters. The van der Waals surface area contributed by atoms with E-state index in [9.17, 15) is 14.4 Å². The molecule has 0 radical (unpaired) electrons. The first-order valence-electron chi connectivity index (χ1n) is 18.0. The second-order valence-electron chi connectivity index (χ2n) is 12.9. The lowest BCUT2D eigenvalue weighted by Crippen LogP contribution is -2.37. The summed E-state index contributed by atoms with van der Waals surface area (Å²) in [6.45, 7) is 3.64. The van der Waals surface area contributed by atoms with Crippen LogP contribution in [-0.4, -0.2) is 100 Å². The summed E-state index contributed by atoms with van der Waals surface area (Å²) in [5.74, 6) is 0.919. The van der Waals surface area contributed by atoms with Crippen molar-refractivity contribution in [3.8, 4) is 0 Å². The molecule has 2 fully saturated rings. The van der Waals surface area contributed by atoms with Crippen LogP contribution in [0.5, 0.6) is 0 Å². The summed E-state index contributed by atoms with van der Waals surface area (Å²) in [7, 11) is 2.04. The highest BCUT2D eigenvalue weighted by Gasteiger charge is 2.42. The van der Waals surface area contributed by atoms with Crippen molar-refractivity contribution in [2.45, 2.75) is 47.9 Å². The number of pyridine rings is 1. The summed E-state index contributed by atoms with van der Waals surface area (Å²) in [5.41, 5.74) is 3.28. The number of hydrogen-bond acceptors (Lipinski definition) is 9. The summed E-state index contributed by atoms with van der Waals surface area (Å²) >= 11 is 3.58. The molecular formula is C38H49N6O6S2+. The summed E-state index contributed by atoms with van der Waals surface area (Å²) in [6.07, 6.45) is 7.54. The van der Waals surface area contributed by atoms with Crippen LogP contribution < -0.4 is 30.7 Å². The predicted molar refractivity (Wildman–Crippen MR) is 205 cm³/mol. The van der Waals surface area contributed by atoms with Crippen LogP contribution in [0, 0.1) is 0 Å². The number of benzene rings is 2. The summed E-state index contributed by atoms with van der Waals surface area (Å²) in [5, 5.41) is 14.5. The van der Waals surface area contributed by atoms with Gasteiger partial charge in [-0.05, 0) is 42.7 Å². The van der Waals surface area contributed by atoms with Gasteiger partial charge in [0.2, 0.25) is 17.3 Å². The number of nitrogens with zero attached hydrogens (tertiary/aromatic N) is 2. The molecule has 3 aliphatic heterocycles. The largest absolute Gasteiger partial charge is 0.377 e. The maximum atomic E-state index is 13.0. The van der Waals surface area contributed by atoms with Crippen LogP contribution in [0.3, 0.4) is 0 Å². The molecule has 52 heavy (non-hydrogen) atoms. The fourth-order valence-electron chi connectivity index (χ4n) is 6.60. The Labute approximate surface area is 313 Å². The number of carbonyl (C=O) groups is 3. The molecule has 278 valence electrons. The van der Waals surface area contributed by atoms with Gasteiger partial charge in [-0.1, -0.05) is 42.4 Å². The van der Waals surface area contributed by atoms with Crippen molar-refractivity contribution in [1.29, 1.82) is 0 Å². The van der Waals surface area contributed by atoms with Gasteiger partial charge in [-0.25, -0.2) is 9.36 Å². The van der Waals surface area contributed by atoms with E-state index in [1.807, 2.05) is 43.1 Å². The van der Waals surface area contributed by atoms with E-state index in [1.165, 1.54) is 0 Å². The zero-order chi connectivity index (χ0) is 36.1. The zero-order valence-corrected chi connectivity index (χ0v) is 31.3. The number of unbranched alkanes of at least 4 members (excludes halogenated alkanes) is 1. The Hall–Kier alpha value is -3.82. The van der Waals surface area contributed by atoms with E-state index in [-0.39, 0.29) is 36.5 Å². The molecule has 0 bridgehead atoms. The third kappa shape index (κ3) is 10.4. The Kier molecular flexibility index (Phi) is 14.1. The quantitative estimate of drug-likeness (QED) is 0.0778. The lowest BCUT2D eigenvalue weighted by Gasteiger charge is -2.20. The molecule has 0 spiro atoms. The summed E-state index contributed by atoms with van der Waals surface area (Å²) in [4.78, 5) is 39.8. The monoisotopic (exact) mass is 749 g/mol. The van der Waals surface area contributed by atoms with Crippen molar-refractivity contribution in [1.82, 2.24) is 21.3 Å². The van der Waals surface area contributed by atoms with E-state index < -0.39 is 0 Å². The molecule has 14 heteroatoms. The molecule has 2 aromatic carbocycles. The van der Waals surface area contributed by atoms with E-state index >= 15 is 0 Å². The van der Waals surface area contributed by atoms with Gasteiger partial charge in [0.1, 0.15) is 13.6 Å². The number of thioether (sulfide) groups is 2. The molecule has 0 saturated carbocycles. The van der Waals surface area contributed by atoms with Crippen LogP contribution in [0.4, 0.5) is 10.5 Å². The number of carbonyl (C=O) groups excluding carboxylic acids is 3. The van der Waals surface area contributed by atoms with Crippen LogP contribution in [0.25, 0.3) is 17.0 Å². The van der Waals surface area contributed by atoms with E-state index in [1.54, 1.807) is 11.8 Å². The molecule has 4 N–H and O–H groups in total. The van der Waals surface area contributed by atoms with Crippen LogP contribution in [0.15, 0.2) is 70.7 Å². The van der Waals surface area contributed by atoms with Crippen LogP contribution in [0.1, 0.15) is 31.2 Å². The SMILES string of the molecule is C[n+]1ccc(/C=C2\Sc3ccccc3N2CC(=O)NCCOCCOCCOCCNC(=O)CCCC[C@H]2SC[C@H]3NC(=O)N[C@H]32)c2ccccc21. The minimum atomic E-state index is -0.0727. The molecule has 4 heterocycles. The minimum Gasteiger partial charge on any atom is -0.377 e. The highest BCUT2D eigenvalue weighted by molar-refractivity contribution is 8.04. The third-order valence-corrected chi connectivity index (χ3v) is 11.9. The van der Waals surface area contributed by atoms with Gasteiger partial charge >= 0.3 is 6.03 Å². The van der Waals surface area contributed by atoms with Crippen LogP contribution >= 0.6 is 23.5 Å². The Bertz CT molecular complexity index is 1730. The highest BCUT2D eigenvalue weighted by Crippen LogP contribution is 2.46. The average Bonchev–Trinajstić information content (AvgIpc) is 3.82. The lowest BCUT2D eigenvalue weighted by atomic mass is 10.0. The molecule has 1 aromatic heterocycles. The average molecular weight is 750 g/mol. The van der Waals surface area contributed by atoms with Crippen LogP contribution in [-0.2, 0) is 30.8 Å². The standard InChI is InChI=1S/C38H48N6O6S2/c1-43-17-14-27(28-8-2-3-9-30(28)43)24-36-44(31-10-4-5-11-32(31)52-36)25-35(46)40-16-19-49-21-23-50-22-20-48-18-15-39-34(45)13-7-6-12-33-37-29(26-51-33)41-38(47)42-37/h2-5,8-11,14,17,24,29,33,37H,6-7,12-13,15-16,18-23,25-26H2,1H3,(H3-,39,40,41,42,45,46,47)/p+1/t29-,33-,37-/m1/s1. The number of anilines is 1. The molecule has 6 rings (SSSR count). The summed E-state index contributed by atoms with van der Waals surface area (Å²) < 4.78 is 18.9. The van der Waals surface area contributed by atoms with Gasteiger partial charge in [-0.2, -0.15) is 11.8 Å². The second-order valence-corrected chi connectivity index (χ2v) is 15.3. The Morgan fingerprint density at radius 1 is 0.904 bits per heavy atom. The van der Waals surface area contributed by atoms with E-state index in [0.29, 0.717) is 64.4 Å². The van der Waals surface area contributed by atoms with Crippen molar-refractivity contribution in [3.05, 3.63) is 71.4 Å². The molecule has 12 nitrogen and oxygen atoms in total. The number of aryl methyl sites for hydroxylation is 1. The maximum absolute atomic E-state index is 13.0. The van der Waals surface area contributed by atoms with Crippen molar-refractivity contribution in [2.75, 3.05) is 69.9 Å². The maximum Gasteiger partial charge on any atom is 0.315 e. The third-order valence-electron chi connectivity index (χ3n) is 9.25. The normalized spacial score (nSPS) is 19.8. The fraction of sp³-hybridized carbons (Fsp3) is 0.474. The van der Waals surface area contributed by atoms with Crippen molar-refractivity contribution >= 4 is 64.0 Å². The van der Waals surface area contributed by atoms with Crippen molar-refractivity contribution < 1.29 is 33.2 Å². The van der Waals surface area contributed by atoms with E-state index in [0.717, 1.165) is 57.1 Å². The number of urea groups is 1. The molecule has 4 amide bonds. The molecule has 3 aromatic rings. The summed E-state index contributed by atoms with van der Waals surface area (Å²) in [6, 6.07) is 19.0. The van der Waals surface area contributed by atoms with Crippen molar-refractivity contribution in [2.24, 2.45) is 7.05 Å². The molecule has 3 atom stereocenters. The number of amides is 4. The first-order chi connectivity index (χ1) is 25.5. The lowest BCUT2D eigenvalue weighted by molar-refractivity contribution is -0.644. The first-order valence-corrected chi connectivity index (χ1v) is 19.9. The number of hydrogen-bond donors (Lipinski definition) is 4. The van der Waals surface area contributed by atoms with Gasteiger partial charge in [0.25, 0.3) is 0 Å². The van der Waals surface area contributed by atoms with Gasteiger partial charge in [-0.15, -0.1) is 0 Å². The predicted octanol–water partition coefficient (Wildman–Crippen LogP) is 3.58. The number of nitrogens with one attached hydrogen (secondary N) is 4. The van der Waals surface area contributed by atoms with Gasteiger partial charge in [0.05, 0.1) is 67.8 Å². The van der Waals surface area contributed by atoms with Crippen molar-refractivity contribution in [3.63, 3.8) is 0 Å². The fourth-order valence-corrected chi connectivity index (χ4v) is 9.26.